The van der Waals surface area contributed by atoms with E-state index in [-0.39, 0.29) is 0 Å². The Hall–Kier alpha value is -1.22. The molecule has 3 heteroatoms. The largest absolute Gasteiger partial charge is 0.399 e. The van der Waals surface area contributed by atoms with E-state index < -0.39 is 0 Å². The van der Waals surface area contributed by atoms with Gasteiger partial charge in [0.1, 0.15) is 0 Å². The molecule has 1 saturated heterocycles. The molecule has 1 aliphatic rings. The minimum atomic E-state index is 0.641. The van der Waals surface area contributed by atoms with Gasteiger partial charge in [-0.2, -0.15) is 0 Å². The van der Waals surface area contributed by atoms with E-state index in [1.807, 2.05) is 12.1 Å². The van der Waals surface area contributed by atoms with Crippen molar-refractivity contribution >= 4 is 11.4 Å². The lowest BCUT2D eigenvalue weighted by molar-refractivity contribution is 0.144. The Morgan fingerprint density at radius 1 is 1.31 bits per heavy atom. The molecule has 88 valence electrons. The highest BCUT2D eigenvalue weighted by Crippen LogP contribution is 2.28. The second-order valence-electron chi connectivity index (χ2n) is 4.69. The van der Waals surface area contributed by atoms with Gasteiger partial charge in [0.2, 0.25) is 0 Å². The maximum atomic E-state index is 5.69. The van der Waals surface area contributed by atoms with Gasteiger partial charge in [-0.05, 0) is 30.2 Å². The minimum absolute atomic E-state index is 0.641. The van der Waals surface area contributed by atoms with Crippen molar-refractivity contribution in [2.45, 2.75) is 6.92 Å². The van der Waals surface area contributed by atoms with Crippen LogP contribution < -0.4 is 10.6 Å². The number of nitrogens with two attached hydrogens (primary N) is 1. The predicted molar refractivity (Wildman–Crippen MR) is 67.6 cm³/mol. The summed E-state index contributed by atoms with van der Waals surface area (Å²) >= 11 is 0. The highest BCUT2D eigenvalue weighted by molar-refractivity contribution is 5.53. The maximum absolute atomic E-state index is 5.69. The number of ether oxygens (including phenoxy) is 1. The van der Waals surface area contributed by atoms with E-state index in [4.69, 9.17) is 10.5 Å². The summed E-state index contributed by atoms with van der Waals surface area (Å²) in [6.07, 6.45) is 0. The van der Waals surface area contributed by atoms with E-state index in [0.29, 0.717) is 11.8 Å². The molecular formula is C13H20N2O. The van der Waals surface area contributed by atoms with Crippen molar-refractivity contribution in [1.82, 2.24) is 0 Å². The van der Waals surface area contributed by atoms with Gasteiger partial charge in [0.05, 0.1) is 6.61 Å². The SMILES string of the molecule is COCC1CN(c2ccc(N)cc2)CC1C. The average Bonchev–Trinajstić information content (AvgIpc) is 2.62. The molecule has 16 heavy (non-hydrogen) atoms. The normalized spacial score (nSPS) is 25.0. The Bertz CT molecular complexity index is 336. The van der Waals surface area contributed by atoms with Crippen molar-refractivity contribution in [3.63, 3.8) is 0 Å². The lowest BCUT2D eigenvalue weighted by Crippen LogP contribution is -2.20. The number of methoxy groups -OCH3 is 1. The first-order chi connectivity index (χ1) is 7.70. The Kier molecular flexibility index (Phi) is 3.34. The van der Waals surface area contributed by atoms with Crippen LogP contribution in [-0.2, 0) is 4.74 Å². The van der Waals surface area contributed by atoms with Crippen LogP contribution in [0.5, 0.6) is 0 Å². The van der Waals surface area contributed by atoms with E-state index in [9.17, 15) is 0 Å². The van der Waals surface area contributed by atoms with E-state index in [2.05, 4.69) is 24.0 Å². The van der Waals surface area contributed by atoms with E-state index in [1.165, 1.54) is 5.69 Å². The topological polar surface area (TPSA) is 38.5 Å². The van der Waals surface area contributed by atoms with Gasteiger partial charge >= 0.3 is 0 Å². The first-order valence-corrected chi connectivity index (χ1v) is 5.80. The van der Waals surface area contributed by atoms with Gasteiger partial charge in [0.15, 0.2) is 0 Å². The van der Waals surface area contributed by atoms with Crippen molar-refractivity contribution in [3.8, 4) is 0 Å². The summed E-state index contributed by atoms with van der Waals surface area (Å²) in [5.41, 5.74) is 7.78. The zero-order valence-electron chi connectivity index (χ0n) is 10.0. The molecule has 0 spiro atoms. The Labute approximate surface area is 97.2 Å². The predicted octanol–water partition coefficient (Wildman–Crippen LogP) is 1.99. The third-order valence-electron chi connectivity index (χ3n) is 3.41. The van der Waals surface area contributed by atoms with Crippen LogP contribution in [-0.4, -0.2) is 26.8 Å². The Morgan fingerprint density at radius 2 is 2.00 bits per heavy atom. The number of nitrogen functional groups attached to an aromatic ring is 1. The fraction of sp³-hybridized carbons (Fsp3) is 0.538. The number of rotatable bonds is 3. The Balaban J connectivity index is 2.04. The number of nitrogens with zero attached hydrogens (tertiary/aromatic N) is 1. The second-order valence-corrected chi connectivity index (χ2v) is 4.69. The number of anilines is 2. The molecule has 0 radical (unpaired) electrons. The van der Waals surface area contributed by atoms with Crippen LogP contribution in [0.4, 0.5) is 11.4 Å². The smallest absolute Gasteiger partial charge is 0.0510 e. The summed E-state index contributed by atoms with van der Waals surface area (Å²) in [6.45, 7) is 5.34. The summed E-state index contributed by atoms with van der Waals surface area (Å²) in [5, 5.41) is 0. The molecule has 1 aromatic carbocycles. The summed E-state index contributed by atoms with van der Waals surface area (Å²) in [7, 11) is 1.78. The van der Waals surface area contributed by atoms with Crippen LogP contribution >= 0.6 is 0 Å². The molecule has 0 bridgehead atoms. The van der Waals surface area contributed by atoms with Gasteiger partial charge in [0.25, 0.3) is 0 Å². The molecule has 3 nitrogen and oxygen atoms in total. The zero-order valence-corrected chi connectivity index (χ0v) is 10.0. The minimum Gasteiger partial charge on any atom is -0.399 e. The molecule has 2 unspecified atom stereocenters. The highest BCUT2D eigenvalue weighted by atomic mass is 16.5. The van der Waals surface area contributed by atoms with Crippen molar-refractivity contribution in [3.05, 3.63) is 24.3 Å². The van der Waals surface area contributed by atoms with Crippen LogP contribution in [0.2, 0.25) is 0 Å². The third kappa shape index (κ3) is 2.30. The third-order valence-corrected chi connectivity index (χ3v) is 3.41. The number of hydrogen-bond donors (Lipinski definition) is 1. The van der Waals surface area contributed by atoms with Crippen LogP contribution in [0.25, 0.3) is 0 Å². The van der Waals surface area contributed by atoms with E-state index >= 15 is 0 Å². The molecule has 0 amide bonds. The van der Waals surface area contributed by atoms with Gasteiger partial charge in [-0.25, -0.2) is 0 Å². The standard InChI is InChI=1S/C13H20N2O/c1-10-7-15(8-11(10)9-16-2)13-5-3-12(14)4-6-13/h3-6,10-11H,7-9,14H2,1-2H3. The first-order valence-electron chi connectivity index (χ1n) is 5.80. The summed E-state index contributed by atoms with van der Waals surface area (Å²) in [5.74, 6) is 1.33. The molecule has 2 N–H and O–H groups in total. The van der Waals surface area contributed by atoms with Gasteiger partial charge in [0, 0.05) is 37.5 Å². The van der Waals surface area contributed by atoms with Crippen molar-refractivity contribution in [2.24, 2.45) is 11.8 Å². The summed E-state index contributed by atoms with van der Waals surface area (Å²) in [4.78, 5) is 2.41. The fourth-order valence-electron chi connectivity index (χ4n) is 2.36. The molecule has 0 aromatic heterocycles. The van der Waals surface area contributed by atoms with Crippen LogP contribution in [0.1, 0.15) is 6.92 Å². The zero-order chi connectivity index (χ0) is 11.5. The molecule has 2 atom stereocenters. The van der Waals surface area contributed by atoms with Gasteiger partial charge in [-0.15, -0.1) is 0 Å². The molecule has 0 saturated carbocycles. The molecule has 1 aliphatic heterocycles. The lowest BCUT2D eigenvalue weighted by Gasteiger charge is -2.18. The molecular weight excluding hydrogens is 200 g/mol. The van der Waals surface area contributed by atoms with Crippen molar-refractivity contribution in [2.75, 3.05) is 37.4 Å². The molecule has 1 aromatic rings. The van der Waals surface area contributed by atoms with Gasteiger partial charge in [-0.1, -0.05) is 6.92 Å². The van der Waals surface area contributed by atoms with E-state index in [1.54, 1.807) is 7.11 Å². The average molecular weight is 220 g/mol. The number of hydrogen-bond acceptors (Lipinski definition) is 3. The number of benzene rings is 1. The lowest BCUT2D eigenvalue weighted by atomic mass is 10.00. The van der Waals surface area contributed by atoms with Gasteiger partial charge < -0.3 is 15.4 Å². The summed E-state index contributed by atoms with van der Waals surface area (Å²) in [6, 6.07) is 8.11. The molecule has 2 rings (SSSR count). The van der Waals surface area contributed by atoms with Crippen molar-refractivity contribution < 1.29 is 4.74 Å². The van der Waals surface area contributed by atoms with E-state index in [0.717, 1.165) is 25.4 Å². The van der Waals surface area contributed by atoms with Crippen LogP contribution in [0, 0.1) is 11.8 Å². The molecule has 1 fully saturated rings. The van der Waals surface area contributed by atoms with Crippen molar-refractivity contribution in [1.29, 1.82) is 0 Å². The maximum Gasteiger partial charge on any atom is 0.0510 e. The second kappa shape index (κ2) is 4.74. The summed E-state index contributed by atoms with van der Waals surface area (Å²) < 4.78 is 5.25. The Morgan fingerprint density at radius 3 is 2.62 bits per heavy atom. The molecule has 1 heterocycles. The monoisotopic (exact) mass is 220 g/mol. The van der Waals surface area contributed by atoms with Crippen LogP contribution in [0.15, 0.2) is 24.3 Å². The first kappa shape index (κ1) is 11.3. The molecule has 0 aliphatic carbocycles. The van der Waals surface area contributed by atoms with Gasteiger partial charge in [-0.3, -0.25) is 0 Å². The highest BCUT2D eigenvalue weighted by Gasteiger charge is 2.29. The fourth-order valence-corrected chi connectivity index (χ4v) is 2.36. The van der Waals surface area contributed by atoms with Crippen LogP contribution in [0.3, 0.4) is 0 Å². The quantitative estimate of drug-likeness (QED) is 0.792.